The molecule has 2 aromatic carbocycles. The van der Waals surface area contributed by atoms with Crippen molar-refractivity contribution in [1.82, 2.24) is 5.16 Å². The summed E-state index contributed by atoms with van der Waals surface area (Å²) in [7, 11) is 3.12. The quantitative estimate of drug-likeness (QED) is 0.767. The first-order valence-corrected chi connectivity index (χ1v) is 7.89. The van der Waals surface area contributed by atoms with Gasteiger partial charge in [-0.05, 0) is 43.2 Å². The van der Waals surface area contributed by atoms with Crippen molar-refractivity contribution in [2.75, 3.05) is 19.5 Å². The number of hydrogen-bond acceptors (Lipinski definition) is 5. The summed E-state index contributed by atoms with van der Waals surface area (Å²) in [4.78, 5) is 12.4. The lowest BCUT2D eigenvalue weighted by Crippen LogP contribution is -2.14. The molecule has 1 aromatic heterocycles. The van der Waals surface area contributed by atoms with Gasteiger partial charge in [0.15, 0.2) is 17.1 Å². The SMILES string of the molecule is COc1ccc(NC(=O)Cc2noc3c(C)cc(C)cc23)cc1OC. The van der Waals surface area contributed by atoms with E-state index in [0.29, 0.717) is 22.9 Å². The predicted molar refractivity (Wildman–Crippen MR) is 95.4 cm³/mol. The highest BCUT2D eigenvalue weighted by atomic mass is 16.5. The van der Waals surface area contributed by atoms with Crippen LogP contribution >= 0.6 is 0 Å². The molecule has 130 valence electrons. The number of rotatable bonds is 5. The first kappa shape index (κ1) is 16.8. The van der Waals surface area contributed by atoms with E-state index in [4.69, 9.17) is 14.0 Å². The Balaban J connectivity index is 1.79. The number of aromatic nitrogens is 1. The van der Waals surface area contributed by atoms with Gasteiger partial charge in [-0.3, -0.25) is 4.79 Å². The number of carbonyl (C=O) groups excluding carboxylic acids is 1. The smallest absolute Gasteiger partial charge is 0.230 e. The second-order valence-corrected chi connectivity index (χ2v) is 5.88. The van der Waals surface area contributed by atoms with Crippen molar-refractivity contribution in [3.05, 3.63) is 47.2 Å². The zero-order valence-electron chi connectivity index (χ0n) is 14.7. The van der Waals surface area contributed by atoms with Gasteiger partial charge in [-0.15, -0.1) is 0 Å². The second kappa shape index (κ2) is 6.84. The van der Waals surface area contributed by atoms with Crippen LogP contribution < -0.4 is 14.8 Å². The third-order valence-corrected chi connectivity index (χ3v) is 3.97. The summed E-state index contributed by atoms with van der Waals surface area (Å²) in [6.45, 7) is 3.97. The minimum Gasteiger partial charge on any atom is -0.493 e. The average Bonchev–Trinajstić information content (AvgIpc) is 2.97. The number of nitrogens with zero attached hydrogens (tertiary/aromatic N) is 1. The maximum atomic E-state index is 12.4. The minimum absolute atomic E-state index is 0.129. The molecular weight excluding hydrogens is 320 g/mol. The number of nitrogens with one attached hydrogen (secondary N) is 1. The lowest BCUT2D eigenvalue weighted by molar-refractivity contribution is -0.115. The number of methoxy groups -OCH3 is 2. The molecule has 0 unspecified atom stereocenters. The fraction of sp³-hybridized carbons (Fsp3) is 0.263. The second-order valence-electron chi connectivity index (χ2n) is 5.88. The van der Waals surface area contributed by atoms with E-state index in [9.17, 15) is 4.79 Å². The lowest BCUT2D eigenvalue weighted by atomic mass is 10.1. The standard InChI is InChI=1S/C19H20N2O4/c1-11-7-12(2)19-14(8-11)15(21-25-19)10-18(22)20-13-5-6-16(23-3)17(9-13)24-4/h5-9H,10H2,1-4H3,(H,20,22). The van der Waals surface area contributed by atoms with Gasteiger partial charge in [0.05, 0.1) is 20.6 Å². The van der Waals surface area contributed by atoms with E-state index in [1.54, 1.807) is 32.4 Å². The molecule has 0 radical (unpaired) electrons. The van der Waals surface area contributed by atoms with Crippen LogP contribution in [0, 0.1) is 13.8 Å². The van der Waals surface area contributed by atoms with Gasteiger partial charge < -0.3 is 19.3 Å². The van der Waals surface area contributed by atoms with Gasteiger partial charge >= 0.3 is 0 Å². The summed E-state index contributed by atoms with van der Waals surface area (Å²) in [5.74, 6) is 0.981. The maximum absolute atomic E-state index is 12.4. The lowest BCUT2D eigenvalue weighted by Gasteiger charge is -2.10. The Morgan fingerprint density at radius 1 is 1.12 bits per heavy atom. The van der Waals surface area contributed by atoms with Gasteiger partial charge in [-0.2, -0.15) is 0 Å². The fourth-order valence-corrected chi connectivity index (χ4v) is 2.84. The van der Waals surface area contributed by atoms with Crippen LogP contribution in [0.5, 0.6) is 11.5 Å². The van der Waals surface area contributed by atoms with Crippen LogP contribution in [-0.2, 0) is 11.2 Å². The van der Waals surface area contributed by atoms with Gasteiger partial charge in [-0.1, -0.05) is 11.2 Å². The van der Waals surface area contributed by atoms with Crippen molar-refractivity contribution in [2.45, 2.75) is 20.3 Å². The van der Waals surface area contributed by atoms with Gasteiger partial charge in [0.25, 0.3) is 0 Å². The van der Waals surface area contributed by atoms with Crippen LogP contribution in [0.15, 0.2) is 34.9 Å². The van der Waals surface area contributed by atoms with Crippen LogP contribution in [0.1, 0.15) is 16.8 Å². The molecule has 0 saturated heterocycles. The zero-order valence-corrected chi connectivity index (χ0v) is 14.7. The summed E-state index contributed by atoms with van der Waals surface area (Å²) < 4.78 is 15.8. The molecule has 0 atom stereocenters. The van der Waals surface area contributed by atoms with Gasteiger partial charge in [0, 0.05) is 17.1 Å². The third kappa shape index (κ3) is 3.42. The van der Waals surface area contributed by atoms with E-state index in [1.165, 1.54) is 0 Å². The van der Waals surface area contributed by atoms with Crippen LogP contribution in [-0.4, -0.2) is 25.3 Å². The Bertz CT molecular complexity index is 931. The monoisotopic (exact) mass is 340 g/mol. The molecule has 6 nitrogen and oxygen atoms in total. The molecule has 1 N–H and O–H groups in total. The number of hydrogen-bond donors (Lipinski definition) is 1. The normalized spacial score (nSPS) is 10.7. The molecule has 0 bridgehead atoms. The maximum Gasteiger partial charge on any atom is 0.230 e. The summed E-state index contributed by atoms with van der Waals surface area (Å²) in [6.07, 6.45) is 0.129. The molecule has 6 heteroatoms. The van der Waals surface area contributed by atoms with Crippen LogP contribution in [0.2, 0.25) is 0 Å². The highest BCUT2D eigenvalue weighted by molar-refractivity contribution is 5.95. The van der Waals surface area contributed by atoms with Crippen molar-refractivity contribution in [2.24, 2.45) is 0 Å². The number of carbonyl (C=O) groups is 1. The predicted octanol–water partition coefficient (Wildman–Crippen LogP) is 3.64. The van der Waals surface area contributed by atoms with Crippen LogP contribution in [0.4, 0.5) is 5.69 Å². The summed E-state index contributed by atoms with van der Waals surface area (Å²) in [5, 5.41) is 7.78. The number of ether oxygens (including phenoxy) is 2. The zero-order chi connectivity index (χ0) is 18.0. The van der Waals surface area contributed by atoms with E-state index in [1.807, 2.05) is 26.0 Å². The number of anilines is 1. The largest absolute Gasteiger partial charge is 0.493 e. The Labute approximate surface area is 145 Å². The Morgan fingerprint density at radius 2 is 1.88 bits per heavy atom. The molecule has 1 heterocycles. The molecule has 1 amide bonds. The van der Waals surface area contributed by atoms with Crippen molar-refractivity contribution >= 4 is 22.6 Å². The van der Waals surface area contributed by atoms with Crippen molar-refractivity contribution < 1.29 is 18.8 Å². The minimum atomic E-state index is -0.179. The molecular formula is C19H20N2O4. The summed E-state index contributed by atoms with van der Waals surface area (Å²) >= 11 is 0. The Morgan fingerprint density at radius 3 is 2.60 bits per heavy atom. The number of fused-ring (bicyclic) bond motifs is 1. The Hall–Kier alpha value is -3.02. The fourth-order valence-electron chi connectivity index (χ4n) is 2.84. The molecule has 0 aliphatic heterocycles. The molecule has 25 heavy (non-hydrogen) atoms. The molecule has 3 rings (SSSR count). The molecule has 0 spiro atoms. The van der Waals surface area contributed by atoms with E-state index in [2.05, 4.69) is 10.5 Å². The summed E-state index contributed by atoms with van der Waals surface area (Å²) in [5.41, 5.74) is 4.09. The molecule has 3 aromatic rings. The van der Waals surface area contributed by atoms with Gasteiger partial charge in [0.2, 0.25) is 5.91 Å². The van der Waals surface area contributed by atoms with Crippen molar-refractivity contribution in [1.29, 1.82) is 0 Å². The number of amides is 1. The van der Waals surface area contributed by atoms with Gasteiger partial charge in [-0.25, -0.2) is 0 Å². The molecule has 0 aliphatic rings. The van der Waals surface area contributed by atoms with Crippen molar-refractivity contribution in [3.8, 4) is 11.5 Å². The Kier molecular flexibility index (Phi) is 4.61. The summed E-state index contributed by atoms with van der Waals surface area (Å²) in [6, 6.07) is 9.23. The highest BCUT2D eigenvalue weighted by Gasteiger charge is 2.15. The molecule has 0 aliphatic carbocycles. The highest BCUT2D eigenvalue weighted by Crippen LogP contribution is 2.30. The van der Waals surface area contributed by atoms with E-state index < -0.39 is 0 Å². The van der Waals surface area contributed by atoms with Gasteiger partial charge in [0.1, 0.15) is 5.69 Å². The average molecular weight is 340 g/mol. The number of benzene rings is 2. The van der Waals surface area contributed by atoms with E-state index in [-0.39, 0.29) is 12.3 Å². The van der Waals surface area contributed by atoms with Crippen LogP contribution in [0.25, 0.3) is 11.0 Å². The first-order valence-electron chi connectivity index (χ1n) is 7.89. The van der Waals surface area contributed by atoms with Crippen LogP contribution in [0.3, 0.4) is 0 Å². The molecule has 0 fully saturated rings. The van der Waals surface area contributed by atoms with E-state index >= 15 is 0 Å². The topological polar surface area (TPSA) is 73.6 Å². The van der Waals surface area contributed by atoms with Crippen molar-refractivity contribution in [3.63, 3.8) is 0 Å². The molecule has 0 saturated carbocycles. The van der Waals surface area contributed by atoms with E-state index in [0.717, 1.165) is 22.1 Å². The number of aryl methyl sites for hydroxylation is 2. The first-order chi connectivity index (χ1) is 12.0. The third-order valence-electron chi connectivity index (χ3n) is 3.97.